The summed E-state index contributed by atoms with van der Waals surface area (Å²) in [4.78, 5) is 27.0. The van der Waals surface area contributed by atoms with Crippen LogP contribution < -0.4 is 10.1 Å². The number of amides is 2. The minimum atomic E-state index is -0.197. The second kappa shape index (κ2) is 10.9. The van der Waals surface area contributed by atoms with E-state index in [1.165, 1.54) is 0 Å². The molecule has 0 fully saturated rings. The molecule has 0 aliphatic carbocycles. The van der Waals surface area contributed by atoms with Crippen molar-refractivity contribution in [1.29, 1.82) is 0 Å². The molecule has 4 aromatic rings. The summed E-state index contributed by atoms with van der Waals surface area (Å²) >= 11 is 0. The molecule has 2 amide bonds. The van der Waals surface area contributed by atoms with Gasteiger partial charge in [-0.15, -0.1) is 0 Å². The van der Waals surface area contributed by atoms with Gasteiger partial charge in [0.2, 0.25) is 5.91 Å². The molecule has 0 atom stereocenters. The van der Waals surface area contributed by atoms with Crippen LogP contribution in [0.2, 0.25) is 0 Å². The predicted octanol–water partition coefficient (Wildman–Crippen LogP) is 4.80. The molecule has 0 aliphatic heterocycles. The van der Waals surface area contributed by atoms with E-state index in [1.54, 1.807) is 42.9 Å². The largest absolute Gasteiger partial charge is 0.497 e. The molecule has 0 radical (unpaired) electrons. The fourth-order valence-electron chi connectivity index (χ4n) is 4.06. The number of aromatic nitrogens is 2. The number of carbonyl (C=O) groups excluding carboxylic acids is 2. The maximum atomic E-state index is 13.0. The van der Waals surface area contributed by atoms with E-state index in [2.05, 4.69) is 5.32 Å². The average Bonchev–Trinajstić information content (AvgIpc) is 3.18. The molecule has 0 saturated carbocycles. The van der Waals surface area contributed by atoms with Gasteiger partial charge in [0.05, 0.1) is 18.5 Å². The summed E-state index contributed by atoms with van der Waals surface area (Å²) in [5.74, 6) is 0.449. The van der Waals surface area contributed by atoms with Gasteiger partial charge in [-0.3, -0.25) is 14.3 Å². The first-order valence-electron chi connectivity index (χ1n) is 11.7. The fourth-order valence-corrected chi connectivity index (χ4v) is 4.06. The van der Waals surface area contributed by atoms with Crippen LogP contribution in [0.5, 0.6) is 5.75 Å². The third kappa shape index (κ3) is 5.63. The lowest BCUT2D eigenvalue weighted by Gasteiger charge is -2.14. The van der Waals surface area contributed by atoms with Crippen LogP contribution in [0.25, 0.3) is 11.3 Å². The Morgan fingerprint density at radius 3 is 2.44 bits per heavy atom. The van der Waals surface area contributed by atoms with Crippen molar-refractivity contribution < 1.29 is 14.3 Å². The lowest BCUT2D eigenvalue weighted by molar-refractivity contribution is -0.129. The normalized spacial score (nSPS) is 10.7. The molecule has 36 heavy (non-hydrogen) atoms. The molecule has 0 bridgehead atoms. The Hall–Kier alpha value is -4.39. The molecule has 3 aromatic carbocycles. The zero-order valence-corrected chi connectivity index (χ0v) is 21.0. The molecule has 1 N–H and O–H groups in total. The third-order valence-electron chi connectivity index (χ3n) is 5.98. The molecular weight excluding hydrogens is 452 g/mol. The van der Waals surface area contributed by atoms with Crippen molar-refractivity contribution in [3.05, 3.63) is 101 Å². The van der Waals surface area contributed by atoms with E-state index >= 15 is 0 Å². The SMILES string of the molecule is COc1cccc(NC(=O)c2cccc(Cc3c(C)nn(CC(=O)N(C)C)c3-c3ccccc3)c2)c1. The molecule has 4 rings (SSSR count). The first kappa shape index (κ1) is 24.7. The maximum Gasteiger partial charge on any atom is 0.255 e. The number of carbonyl (C=O) groups is 2. The number of anilines is 1. The van der Waals surface area contributed by atoms with E-state index in [1.807, 2.05) is 73.7 Å². The quantitative estimate of drug-likeness (QED) is 0.392. The van der Waals surface area contributed by atoms with Gasteiger partial charge in [0.25, 0.3) is 5.91 Å². The molecule has 0 unspecified atom stereocenters. The van der Waals surface area contributed by atoms with Gasteiger partial charge in [-0.25, -0.2) is 0 Å². The van der Waals surface area contributed by atoms with E-state index in [0.717, 1.165) is 28.1 Å². The van der Waals surface area contributed by atoms with Crippen molar-refractivity contribution in [1.82, 2.24) is 14.7 Å². The monoisotopic (exact) mass is 482 g/mol. The van der Waals surface area contributed by atoms with E-state index < -0.39 is 0 Å². The van der Waals surface area contributed by atoms with Crippen LogP contribution in [0.4, 0.5) is 5.69 Å². The van der Waals surface area contributed by atoms with Gasteiger partial charge in [0.15, 0.2) is 0 Å². The molecule has 0 aliphatic rings. The van der Waals surface area contributed by atoms with Crippen molar-refractivity contribution in [2.24, 2.45) is 0 Å². The Balaban J connectivity index is 1.64. The number of nitrogens with zero attached hydrogens (tertiary/aromatic N) is 3. The standard InChI is InChI=1S/C29H30N4O3/c1-20-26(28(22-11-6-5-7-12-22)33(31-20)19-27(34)32(2)3)17-21-10-8-13-23(16-21)29(35)30-24-14-9-15-25(18-24)36-4/h5-16,18H,17,19H2,1-4H3,(H,30,35). The van der Waals surface area contributed by atoms with Crippen molar-refractivity contribution in [3.63, 3.8) is 0 Å². The van der Waals surface area contributed by atoms with Gasteiger partial charge in [-0.2, -0.15) is 5.10 Å². The van der Waals surface area contributed by atoms with Crippen LogP contribution in [-0.2, 0) is 17.8 Å². The minimum Gasteiger partial charge on any atom is -0.497 e. The summed E-state index contributed by atoms with van der Waals surface area (Å²) in [7, 11) is 5.07. The number of hydrogen-bond acceptors (Lipinski definition) is 4. The average molecular weight is 483 g/mol. The predicted molar refractivity (Wildman–Crippen MR) is 141 cm³/mol. The van der Waals surface area contributed by atoms with Gasteiger partial charge in [-0.05, 0) is 36.8 Å². The van der Waals surface area contributed by atoms with Gasteiger partial charge in [0.1, 0.15) is 12.3 Å². The van der Waals surface area contributed by atoms with Crippen LogP contribution >= 0.6 is 0 Å². The molecular formula is C29H30N4O3. The van der Waals surface area contributed by atoms with Crippen LogP contribution in [0.3, 0.4) is 0 Å². The maximum absolute atomic E-state index is 13.0. The zero-order chi connectivity index (χ0) is 25.7. The van der Waals surface area contributed by atoms with Crippen LogP contribution in [0.15, 0.2) is 78.9 Å². The van der Waals surface area contributed by atoms with E-state index in [-0.39, 0.29) is 18.4 Å². The molecule has 184 valence electrons. The van der Waals surface area contributed by atoms with Crippen LogP contribution in [-0.4, -0.2) is 47.7 Å². The number of rotatable bonds is 8. The summed E-state index contributed by atoms with van der Waals surface area (Å²) in [5, 5.41) is 7.64. The zero-order valence-electron chi connectivity index (χ0n) is 21.0. The minimum absolute atomic E-state index is 0.0301. The smallest absolute Gasteiger partial charge is 0.255 e. The molecule has 1 heterocycles. The van der Waals surface area contributed by atoms with Crippen molar-refractivity contribution in [3.8, 4) is 17.0 Å². The number of aryl methyl sites for hydroxylation is 1. The van der Waals surface area contributed by atoms with Gasteiger partial charge >= 0.3 is 0 Å². The van der Waals surface area contributed by atoms with Crippen LogP contribution in [0.1, 0.15) is 27.2 Å². The van der Waals surface area contributed by atoms with E-state index in [4.69, 9.17) is 9.84 Å². The topological polar surface area (TPSA) is 76.5 Å². The molecule has 0 spiro atoms. The lowest BCUT2D eigenvalue weighted by Crippen LogP contribution is -2.27. The molecule has 7 nitrogen and oxygen atoms in total. The highest BCUT2D eigenvalue weighted by Gasteiger charge is 2.20. The van der Waals surface area contributed by atoms with E-state index in [0.29, 0.717) is 23.4 Å². The van der Waals surface area contributed by atoms with Crippen LogP contribution in [0, 0.1) is 6.92 Å². The second-order valence-corrected chi connectivity index (χ2v) is 8.79. The number of ether oxygens (including phenoxy) is 1. The third-order valence-corrected chi connectivity index (χ3v) is 5.98. The summed E-state index contributed by atoms with van der Waals surface area (Å²) in [5.41, 5.74) is 5.99. The Morgan fingerprint density at radius 1 is 0.972 bits per heavy atom. The Labute approximate surface area is 211 Å². The van der Waals surface area contributed by atoms with Gasteiger partial charge < -0.3 is 15.0 Å². The summed E-state index contributed by atoms with van der Waals surface area (Å²) in [6.45, 7) is 2.11. The number of methoxy groups -OCH3 is 1. The number of nitrogens with one attached hydrogen (secondary N) is 1. The highest BCUT2D eigenvalue weighted by atomic mass is 16.5. The number of hydrogen-bond donors (Lipinski definition) is 1. The Morgan fingerprint density at radius 2 is 1.72 bits per heavy atom. The van der Waals surface area contributed by atoms with E-state index in [9.17, 15) is 9.59 Å². The number of likely N-dealkylation sites (N-methyl/N-ethyl adjacent to an activating group) is 1. The highest BCUT2D eigenvalue weighted by molar-refractivity contribution is 6.04. The summed E-state index contributed by atoms with van der Waals surface area (Å²) in [6.07, 6.45) is 0.576. The highest BCUT2D eigenvalue weighted by Crippen LogP contribution is 2.29. The number of benzene rings is 3. The van der Waals surface area contributed by atoms with Crippen molar-refractivity contribution >= 4 is 17.5 Å². The summed E-state index contributed by atoms with van der Waals surface area (Å²) < 4.78 is 7.02. The molecule has 7 heteroatoms. The van der Waals surface area contributed by atoms with Crippen molar-refractivity contribution in [2.75, 3.05) is 26.5 Å². The molecule has 1 aromatic heterocycles. The van der Waals surface area contributed by atoms with Gasteiger partial charge in [0, 0.05) is 49.0 Å². The van der Waals surface area contributed by atoms with Gasteiger partial charge in [-0.1, -0.05) is 48.5 Å². The Bertz CT molecular complexity index is 1380. The Kier molecular flexibility index (Phi) is 7.49. The summed E-state index contributed by atoms with van der Waals surface area (Å²) in [6, 6.07) is 24.8. The first-order chi connectivity index (χ1) is 17.4. The molecule has 0 saturated heterocycles. The second-order valence-electron chi connectivity index (χ2n) is 8.79. The first-order valence-corrected chi connectivity index (χ1v) is 11.7. The van der Waals surface area contributed by atoms with Crippen molar-refractivity contribution in [2.45, 2.75) is 19.9 Å². The lowest BCUT2D eigenvalue weighted by atomic mass is 9.98. The fraction of sp³-hybridized carbons (Fsp3) is 0.207.